The van der Waals surface area contributed by atoms with Crippen molar-refractivity contribution in [2.45, 2.75) is 16.0 Å². The van der Waals surface area contributed by atoms with Gasteiger partial charge >= 0.3 is 0 Å². The molecule has 1 heterocycles. The first kappa shape index (κ1) is 15.0. The van der Waals surface area contributed by atoms with Gasteiger partial charge in [-0.2, -0.15) is 0 Å². The number of aromatic hydroxyl groups is 1. The van der Waals surface area contributed by atoms with Crippen molar-refractivity contribution in [1.82, 2.24) is 4.13 Å². The van der Waals surface area contributed by atoms with Crippen LogP contribution >= 0.6 is 11.3 Å². The second kappa shape index (κ2) is 5.17. The van der Waals surface area contributed by atoms with Gasteiger partial charge < -0.3 is 5.11 Å². The van der Waals surface area contributed by atoms with Crippen molar-refractivity contribution in [2.75, 3.05) is 0 Å². The van der Waals surface area contributed by atoms with Gasteiger partial charge in [-0.3, -0.25) is 0 Å². The largest absolute Gasteiger partial charge is 0.508 e. The zero-order valence-electron chi connectivity index (χ0n) is 10.3. The first-order valence-electron chi connectivity index (χ1n) is 5.33. The van der Waals surface area contributed by atoms with Crippen molar-refractivity contribution in [3.63, 3.8) is 0 Å². The predicted octanol–water partition coefficient (Wildman–Crippen LogP) is 1.43. The zero-order chi connectivity index (χ0) is 15.0. The van der Waals surface area contributed by atoms with E-state index in [0.717, 1.165) is 41.2 Å². The second-order valence-electron chi connectivity index (χ2n) is 4.03. The van der Waals surface area contributed by atoms with Gasteiger partial charge in [0.25, 0.3) is 20.0 Å². The first-order chi connectivity index (χ1) is 9.21. The fourth-order valence-electron chi connectivity index (χ4n) is 1.40. The molecular formula is C11H11NO5S3. The van der Waals surface area contributed by atoms with Crippen LogP contribution in [0.2, 0.25) is 0 Å². The smallest absolute Gasteiger partial charge is 0.263 e. The Bertz CT molecular complexity index is 819. The van der Waals surface area contributed by atoms with E-state index in [-0.39, 0.29) is 14.9 Å². The lowest BCUT2D eigenvalue weighted by atomic mass is 10.3. The molecule has 2 rings (SSSR count). The summed E-state index contributed by atoms with van der Waals surface area (Å²) in [6.45, 7) is 1.71. The van der Waals surface area contributed by atoms with E-state index in [0.29, 0.717) is 0 Å². The monoisotopic (exact) mass is 333 g/mol. The lowest BCUT2D eigenvalue weighted by Crippen LogP contribution is -2.30. The summed E-state index contributed by atoms with van der Waals surface area (Å²) >= 11 is 0.940. The molecule has 20 heavy (non-hydrogen) atoms. The number of benzene rings is 1. The third kappa shape index (κ3) is 3.18. The van der Waals surface area contributed by atoms with Crippen LogP contribution in [0.4, 0.5) is 0 Å². The molecule has 1 aromatic heterocycles. The molecule has 0 radical (unpaired) electrons. The summed E-state index contributed by atoms with van der Waals surface area (Å²) in [7, 11) is -8.35. The van der Waals surface area contributed by atoms with Gasteiger partial charge in [-0.1, -0.05) is 4.13 Å². The van der Waals surface area contributed by atoms with Crippen LogP contribution in [0, 0.1) is 6.92 Å². The number of phenols is 1. The van der Waals surface area contributed by atoms with Gasteiger partial charge in [0.15, 0.2) is 0 Å². The van der Waals surface area contributed by atoms with Crippen LogP contribution in [0.3, 0.4) is 0 Å². The zero-order valence-corrected chi connectivity index (χ0v) is 12.7. The molecule has 0 aliphatic heterocycles. The Morgan fingerprint density at radius 1 is 1.05 bits per heavy atom. The van der Waals surface area contributed by atoms with Crippen LogP contribution < -0.4 is 4.13 Å². The number of sulfonamides is 2. The van der Waals surface area contributed by atoms with E-state index in [9.17, 15) is 16.8 Å². The number of aryl methyl sites for hydroxylation is 1. The highest BCUT2D eigenvalue weighted by Gasteiger charge is 2.25. The molecule has 1 aromatic carbocycles. The van der Waals surface area contributed by atoms with Crippen LogP contribution in [0.1, 0.15) is 5.56 Å². The molecule has 0 saturated carbocycles. The van der Waals surface area contributed by atoms with Gasteiger partial charge in [-0.25, -0.2) is 16.8 Å². The summed E-state index contributed by atoms with van der Waals surface area (Å²) < 4.78 is 49.5. The highest BCUT2D eigenvalue weighted by Crippen LogP contribution is 2.21. The van der Waals surface area contributed by atoms with E-state index in [4.69, 9.17) is 5.11 Å². The van der Waals surface area contributed by atoms with E-state index in [2.05, 4.69) is 0 Å². The van der Waals surface area contributed by atoms with Crippen molar-refractivity contribution < 1.29 is 21.9 Å². The number of thiophene rings is 1. The fourth-order valence-corrected chi connectivity index (χ4v) is 5.69. The molecular weight excluding hydrogens is 322 g/mol. The Hall–Kier alpha value is -1.42. The standard InChI is InChI=1S/C11H11NO5S3/c1-8-6-11(18-7-8)20(16,17)12-19(14,15)10-4-2-9(13)3-5-10/h2-7,12-13H,1H3. The Balaban J connectivity index is 2.35. The van der Waals surface area contributed by atoms with Gasteiger partial charge in [-0.05, 0) is 48.2 Å². The number of hydrogen-bond acceptors (Lipinski definition) is 6. The number of rotatable bonds is 4. The van der Waals surface area contributed by atoms with Crippen LogP contribution in [-0.2, 0) is 20.0 Å². The average molecular weight is 333 g/mol. The summed E-state index contributed by atoms with van der Waals surface area (Å²) in [5.41, 5.74) is 0.734. The molecule has 108 valence electrons. The summed E-state index contributed by atoms with van der Waals surface area (Å²) in [5.74, 6) is -0.110. The molecule has 0 unspecified atom stereocenters. The molecule has 0 aliphatic rings. The molecule has 0 atom stereocenters. The van der Waals surface area contributed by atoms with Crippen molar-refractivity contribution in [2.24, 2.45) is 0 Å². The maximum Gasteiger partial charge on any atom is 0.263 e. The molecule has 0 spiro atoms. The number of phenolic OH excluding ortho intramolecular Hbond substituents is 1. The normalized spacial score (nSPS) is 12.4. The third-order valence-electron chi connectivity index (χ3n) is 2.34. The average Bonchev–Trinajstić information content (AvgIpc) is 2.76. The maximum absolute atomic E-state index is 12.0. The summed E-state index contributed by atoms with van der Waals surface area (Å²) in [4.78, 5) is -0.243. The molecule has 9 heteroatoms. The number of nitrogens with one attached hydrogen (secondary N) is 1. The minimum Gasteiger partial charge on any atom is -0.508 e. The van der Waals surface area contributed by atoms with Crippen molar-refractivity contribution in [3.05, 3.63) is 41.3 Å². The first-order valence-corrected chi connectivity index (χ1v) is 9.18. The van der Waals surface area contributed by atoms with Crippen molar-refractivity contribution in [1.29, 1.82) is 0 Å². The van der Waals surface area contributed by atoms with Crippen LogP contribution in [0.25, 0.3) is 0 Å². The topological polar surface area (TPSA) is 101 Å². The second-order valence-corrected chi connectivity index (χ2v) is 8.79. The van der Waals surface area contributed by atoms with E-state index in [1.54, 1.807) is 16.4 Å². The van der Waals surface area contributed by atoms with Crippen molar-refractivity contribution in [3.8, 4) is 5.75 Å². The van der Waals surface area contributed by atoms with Crippen LogP contribution in [-0.4, -0.2) is 21.9 Å². The van der Waals surface area contributed by atoms with E-state index < -0.39 is 20.0 Å². The van der Waals surface area contributed by atoms with Gasteiger partial charge in [-0.15, -0.1) is 11.3 Å². The van der Waals surface area contributed by atoms with Gasteiger partial charge in [0.1, 0.15) is 9.96 Å². The van der Waals surface area contributed by atoms with Crippen molar-refractivity contribution >= 4 is 31.4 Å². The maximum atomic E-state index is 12.0. The van der Waals surface area contributed by atoms with E-state index in [1.165, 1.54) is 6.07 Å². The SMILES string of the molecule is Cc1csc(S(=O)(=O)NS(=O)(=O)c2ccc(O)cc2)c1. The Labute approximate surface area is 120 Å². The Kier molecular flexibility index (Phi) is 3.87. The quantitative estimate of drug-likeness (QED) is 0.881. The summed E-state index contributed by atoms with van der Waals surface area (Å²) in [6.07, 6.45) is 0. The number of hydrogen-bond donors (Lipinski definition) is 2. The molecule has 0 aliphatic carbocycles. The fraction of sp³-hybridized carbons (Fsp3) is 0.0909. The molecule has 2 aromatic rings. The minimum atomic E-state index is -4.22. The minimum absolute atomic E-state index is 0.0719. The molecule has 0 amide bonds. The van der Waals surface area contributed by atoms with Gasteiger partial charge in [0, 0.05) is 0 Å². The third-order valence-corrected chi connectivity index (χ3v) is 7.42. The van der Waals surface area contributed by atoms with E-state index in [1.807, 2.05) is 0 Å². The van der Waals surface area contributed by atoms with Gasteiger partial charge in [0.05, 0.1) is 4.90 Å². The van der Waals surface area contributed by atoms with E-state index >= 15 is 0 Å². The summed E-state index contributed by atoms with van der Waals surface area (Å²) in [6, 6.07) is 5.95. The highest BCUT2D eigenvalue weighted by atomic mass is 32.3. The van der Waals surface area contributed by atoms with Gasteiger partial charge in [0.2, 0.25) is 0 Å². The Morgan fingerprint density at radius 2 is 1.65 bits per heavy atom. The Morgan fingerprint density at radius 3 is 2.15 bits per heavy atom. The molecule has 6 nitrogen and oxygen atoms in total. The van der Waals surface area contributed by atoms with Crippen LogP contribution in [0.5, 0.6) is 5.75 Å². The lowest BCUT2D eigenvalue weighted by molar-refractivity contribution is 0.475. The van der Waals surface area contributed by atoms with Crippen LogP contribution in [0.15, 0.2) is 44.8 Å². The molecule has 0 saturated heterocycles. The molecule has 0 bridgehead atoms. The molecule has 0 fully saturated rings. The lowest BCUT2D eigenvalue weighted by Gasteiger charge is -2.06. The summed E-state index contributed by atoms with van der Waals surface area (Å²) in [5, 5.41) is 10.7. The molecule has 2 N–H and O–H groups in total. The predicted molar refractivity (Wildman–Crippen MR) is 74.7 cm³/mol. The highest BCUT2D eigenvalue weighted by molar-refractivity contribution is 8.05.